The summed E-state index contributed by atoms with van der Waals surface area (Å²) in [7, 11) is 0. The standard InChI is InChI=1S/C19H20ClF3N2O2/c1-10(2)6-11(24)9-26-16-8-15-13(7-14(16)20)17-12(4-3-5-25-17)18(27-15)19(21,22)23/h3-5,7-8,10-11,18H,6,9,24H2,1-2H3/t11-,18+/m0/s1. The second-order valence-corrected chi connectivity index (χ2v) is 7.37. The van der Waals surface area contributed by atoms with Crippen molar-refractivity contribution in [3.05, 3.63) is 41.0 Å². The lowest BCUT2D eigenvalue weighted by molar-refractivity contribution is -0.198. The topological polar surface area (TPSA) is 57.4 Å². The maximum atomic E-state index is 13.4. The van der Waals surface area contributed by atoms with Gasteiger partial charge in [0.25, 0.3) is 0 Å². The van der Waals surface area contributed by atoms with Crippen molar-refractivity contribution in [1.82, 2.24) is 4.98 Å². The first-order chi connectivity index (χ1) is 12.7. The molecule has 0 spiro atoms. The van der Waals surface area contributed by atoms with Crippen LogP contribution in [0.4, 0.5) is 13.2 Å². The molecule has 1 aliphatic heterocycles. The van der Waals surface area contributed by atoms with Crippen molar-refractivity contribution < 1.29 is 22.6 Å². The molecule has 1 aromatic carbocycles. The van der Waals surface area contributed by atoms with Gasteiger partial charge >= 0.3 is 6.18 Å². The Bertz CT molecular complexity index is 827. The van der Waals surface area contributed by atoms with Gasteiger partial charge in [-0.3, -0.25) is 4.98 Å². The van der Waals surface area contributed by atoms with E-state index in [1.54, 1.807) is 0 Å². The smallest absolute Gasteiger partial charge is 0.429 e. The van der Waals surface area contributed by atoms with Gasteiger partial charge in [0.1, 0.15) is 18.1 Å². The molecule has 2 aromatic rings. The fourth-order valence-electron chi connectivity index (χ4n) is 3.09. The minimum Gasteiger partial charge on any atom is -0.490 e. The number of nitrogens with zero attached hydrogens (tertiary/aromatic N) is 1. The molecule has 27 heavy (non-hydrogen) atoms. The number of hydrogen-bond acceptors (Lipinski definition) is 4. The molecule has 0 amide bonds. The van der Waals surface area contributed by atoms with Gasteiger partial charge in [-0.05, 0) is 24.5 Å². The third kappa shape index (κ3) is 4.30. The highest BCUT2D eigenvalue weighted by Crippen LogP contribution is 2.49. The average molecular weight is 401 g/mol. The maximum Gasteiger partial charge on any atom is 0.429 e. The molecule has 0 unspecified atom stereocenters. The van der Waals surface area contributed by atoms with Crippen molar-refractivity contribution >= 4 is 11.6 Å². The van der Waals surface area contributed by atoms with E-state index in [1.165, 1.54) is 30.5 Å². The van der Waals surface area contributed by atoms with E-state index >= 15 is 0 Å². The molecule has 2 heterocycles. The van der Waals surface area contributed by atoms with Gasteiger partial charge in [0, 0.05) is 29.4 Å². The number of hydrogen-bond donors (Lipinski definition) is 1. The maximum absolute atomic E-state index is 13.4. The number of benzene rings is 1. The van der Waals surface area contributed by atoms with Crippen molar-refractivity contribution in [2.45, 2.75) is 38.6 Å². The van der Waals surface area contributed by atoms with E-state index in [-0.39, 0.29) is 40.4 Å². The molecule has 2 N–H and O–H groups in total. The second kappa shape index (κ2) is 7.56. The fourth-order valence-corrected chi connectivity index (χ4v) is 3.30. The molecule has 2 atom stereocenters. The summed E-state index contributed by atoms with van der Waals surface area (Å²) >= 11 is 6.27. The van der Waals surface area contributed by atoms with Crippen LogP contribution >= 0.6 is 11.6 Å². The number of ether oxygens (including phenoxy) is 2. The van der Waals surface area contributed by atoms with Gasteiger partial charge in [-0.25, -0.2) is 0 Å². The van der Waals surface area contributed by atoms with Crippen molar-refractivity contribution in [1.29, 1.82) is 0 Å². The minimum absolute atomic E-state index is 0.0281. The first kappa shape index (κ1) is 19.8. The summed E-state index contributed by atoms with van der Waals surface area (Å²) in [5.74, 6) is 0.663. The largest absolute Gasteiger partial charge is 0.490 e. The lowest BCUT2D eigenvalue weighted by Crippen LogP contribution is -2.30. The first-order valence-electron chi connectivity index (χ1n) is 8.57. The van der Waals surface area contributed by atoms with Gasteiger partial charge in [-0.15, -0.1) is 0 Å². The predicted octanol–water partition coefficient (Wildman–Crippen LogP) is 5.15. The zero-order chi connectivity index (χ0) is 19.8. The number of alkyl halides is 3. The predicted molar refractivity (Wildman–Crippen MR) is 97.0 cm³/mol. The highest BCUT2D eigenvalue weighted by molar-refractivity contribution is 6.32. The lowest BCUT2D eigenvalue weighted by atomic mass is 9.97. The van der Waals surface area contributed by atoms with E-state index in [4.69, 9.17) is 26.8 Å². The monoisotopic (exact) mass is 400 g/mol. The fraction of sp³-hybridized carbons (Fsp3) is 0.421. The molecule has 0 saturated heterocycles. The molecule has 0 saturated carbocycles. The molecular formula is C19H20ClF3N2O2. The Balaban J connectivity index is 1.93. The highest BCUT2D eigenvalue weighted by Gasteiger charge is 2.47. The van der Waals surface area contributed by atoms with Gasteiger partial charge in [0.05, 0.1) is 10.7 Å². The van der Waals surface area contributed by atoms with Crippen LogP contribution in [-0.2, 0) is 0 Å². The third-order valence-electron chi connectivity index (χ3n) is 4.18. The molecule has 1 aromatic heterocycles. The van der Waals surface area contributed by atoms with E-state index in [1.807, 2.05) is 13.8 Å². The zero-order valence-corrected chi connectivity index (χ0v) is 15.6. The van der Waals surface area contributed by atoms with Crippen molar-refractivity contribution in [2.24, 2.45) is 11.7 Å². The van der Waals surface area contributed by atoms with Crippen LogP contribution in [0.5, 0.6) is 11.5 Å². The number of rotatable bonds is 5. The van der Waals surface area contributed by atoms with Crippen LogP contribution in [0.1, 0.15) is 31.9 Å². The normalized spacial score (nSPS) is 17.1. The SMILES string of the molecule is CC(C)C[C@H](N)COc1cc2c(cc1Cl)-c1ncccc1[C@H](C(F)(F)F)O2. The number of halogens is 4. The Kier molecular flexibility index (Phi) is 5.53. The van der Waals surface area contributed by atoms with Gasteiger partial charge < -0.3 is 15.2 Å². The van der Waals surface area contributed by atoms with Crippen LogP contribution in [-0.4, -0.2) is 23.8 Å². The Morgan fingerprint density at radius 1 is 1.33 bits per heavy atom. The van der Waals surface area contributed by atoms with E-state index in [9.17, 15) is 13.2 Å². The Labute approximate surface area is 160 Å². The third-order valence-corrected chi connectivity index (χ3v) is 4.48. The van der Waals surface area contributed by atoms with Crippen LogP contribution in [0.3, 0.4) is 0 Å². The van der Waals surface area contributed by atoms with Crippen LogP contribution in [0.25, 0.3) is 11.3 Å². The zero-order valence-electron chi connectivity index (χ0n) is 14.9. The highest BCUT2D eigenvalue weighted by atomic mass is 35.5. The van der Waals surface area contributed by atoms with E-state index in [0.29, 0.717) is 11.5 Å². The van der Waals surface area contributed by atoms with Gasteiger partial charge in [0.2, 0.25) is 6.10 Å². The molecule has 3 rings (SSSR count). The summed E-state index contributed by atoms with van der Waals surface area (Å²) < 4.78 is 51.2. The molecule has 0 aliphatic carbocycles. The summed E-state index contributed by atoms with van der Waals surface area (Å²) in [5, 5.41) is 0.260. The minimum atomic E-state index is -4.57. The Hall–Kier alpha value is -1.99. The summed E-state index contributed by atoms with van der Waals surface area (Å²) in [4.78, 5) is 4.10. The second-order valence-electron chi connectivity index (χ2n) is 6.96. The Morgan fingerprint density at radius 3 is 2.74 bits per heavy atom. The summed E-state index contributed by atoms with van der Waals surface area (Å²) in [6.07, 6.45) is -4.47. The first-order valence-corrected chi connectivity index (χ1v) is 8.95. The number of nitrogens with two attached hydrogens (primary N) is 1. The summed E-state index contributed by atoms with van der Waals surface area (Å²) in [5.41, 5.74) is 6.55. The number of pyridine rings is 1. The number of aromatic nitrogens is 1. The van der Waals surface area contributed by atoms with Gasteiger partial charge in [0.15, 0.2) is 0 Å². The quantitative estimate of drug-likeness (QED) is 0.754. The van der Waals surface area contributed by atoms with E-state index in [2.05, 4.69) is 4.98 Å². The van der Waals surface area contributed by atoms with Crippen LogP contribution in [0.2, 0.25) is 5.02 Å². The molecular weight excluding hydrogens is 381 g/mol. The van der Waals surface area contributed by atoms with Crippen LogP contribution < -0.4 is 15.2 Å². The van der Waals surface area contributed by atoms with Crippen molar-refractivity contribution in [2.75, 3.05) is 6.61 Å². The van der Waals surface area contributed by atoms with Gasteiger partial charge in [-0.2, -0.15) is 13.2 Å². The molecule has 4 nitrogen and oxygen atoms in total. The molecule has 0 radical (unpaired) electrons. The summed E-state index contributed by atoms with van der Waals surface area (Å²) in [6, 6.07) is 5.48. The molecule has 0 fully saturated rings. The molecule has 8 heteroatoms. The van der Waals surface area contributed by atoms with E-state index < -0.39 is 12.3 Å². The molecule has 146 valence electrons. The van der Waals surface area contributed by atoms with Crippen molar-refractivity contribution in [3.8, 4) is 22.8 Å². The van der Waals surface area contributed by atoms with Crippen LogP contribution in [0, 0.1) is 5.92 Å². The average Bonchev–Trinajstić information content (AvgIpc) is 2.58. The molecule has 1 aliphatic rings. The van der Waals surface area contributed by atoms with Crippen molar-refractivity contribution in [3.63, 3.8) is 0 Å². The Morgan fingerprint density at radius 2 is 2.07 bits per heavy atom. The lowest BCUT2D eigenvalue weighted by Gasteiger charge is -2.29. The van der Waals surface area contributed by atoms with Gasteiger partial charge in [-0.1, -0.05) is 31.5 Å². The summed E-state index contributed by atoms with van der Waals surface area (Å²) in [6.45, 7) is 4.29. The number of fused-ring (bicyclic) bond motifs is 3. The van der Waals surface area contributed by atoms with Crippen LogP contribution in [0.15, 0.2) is 30.5 Å². The molecule has 0 bridgehead atoms. The van der Waals surface area contributed by atoms with E-state index in [0.717, 1.165) is 6.42 Å².